The van der Waals surface area contributed by atoms with Crippen molar-refractivity contribution < 1.29 is 26.5 Å². The number of benzene rings is 4. The van der Waals surface area contributed by atoms with Crippen LogP contribution >= 0.6 is 0 Å². The molecule has 5 rings (SSSR count). The molecule has 1 aliphatic heterocycles. The Morgan fingerprint density at radius 2 is 0.949 bits per heavy atom. The fraction of sp³-hybridized carbons (Fsp3) is 0.294. The molecule has 0 spiro atoms. The summed E-state index contributed by atoms with van der Waals surface area (Å²) < 4.78 is 14.0. The van der Waals surface area contributed by atoms with Gasteiger partial charge in [-0.1, -0.05) is 121 Å². The molecule has 1 aliphatic rings. The van der Waals surface area contributed by atoms with E-state index in [1.165, 1.54) is 0 Å². The van der Waals surface area contributed by atoms with Crippen LogP contribution in [0.15, 0.2) is 121 Å². The summed E-state index contributed by atoms with van der Waals surface area (Å²) in [5.41, 5.74) is 3.28. The summed E-state index contributed by atoms with van der Waals surface area (Å²) in [6, 6.07) is 42.4. The average Bonchev–Trinajstić information content (AvgIpc) is 3.27. The standard InChI is InChI=1S/C34H37NO2S.Cu/c1-32(2)36-30(33(25-38,26-17-9-5-10-18-26)27-19-11-6-12-20-27)31(37-32)34(35(3)4,28-21-13-7-14-22-28)29-23-15-8-16-24-29;/h5-24,30-31,38H,25H2,1-4H3;/q;+1/p-1/t30-,31-;/m1./s1. The summed E-state index contributed by atoms with van der Waals surface area (Å²) in [5, 5.41) is 0. The van der Waals surface area contributed by atoms with Gasteiger partial charge in [-0.15, -0.1) is 0 Å². The zero-order valence-corrected chi connectivity index (χ0v) is 24.6. The molecular weight excluding hydrogens is 550 g/mol. The molecule has 0 radical (unpaired) electrons. The smallest absolute Gasteiger partial charge is 0.791 e. The molecule has 2 atom stereocenters. The van der Waals surface area contributed by atoms with E-state index in [0.717, 1.165) is 22.3 Å². The summed E-state index contributed by atoms with van der Waals surface area (Å²) in [5.74, 6) is -0.381. The third-order valence-electron chi connectivity index (χ3n) is 7.93. The van der Waals surface area contributed by atoms with E-state index in [-0.39, 0.29) is 29.3 Å². The third-order valence-corrected chi connectivity index (χ3v) is 8.39. The van der Waals surface area contributed by atoms with Crippen molar-refractivity contribution in [2.45, 2.75) is 42.8 Å². The van der Waals surface area contributed by atoms with Crippen molar-refractivity contribution in [3.05, 3.63) is 144 Å². The molecule has 0 bridgehead atoms. The fourth-order valence-corrected chi connectivity index (χ4v) is 6.79. The largest absolute Gasteiger partial charge is 1.00 e. The maximum absolute atomic E-state index is 7.04. The number of likely N-dealkylation sites (N-methyl/N-ethyl adjacent to an activating group) is 1. The van der Waals surface area contributed by atoms with Crippen LogP contribution in [0, 0.1) is 0 Å². The van der Waals surface area contributed by atoms with Gasteiger partial charge < -0.3 is 22.1 Å². The Balaban J connectivity index is 0.00000353. The summed E-state index contributed by atoms with van der Waals surface area (Å²) in [6.07, 6.45) is -0.775. The van der Waals surface area contributed by atoms with Gasteiger partial charge in [0.15, 0.2) is 5.79 Å². The molecule has 4 aromatic carbocycles. The molecule has 0 unspecified atom stereocenters. The topological polar surface area (TPSA) is 21.7 Å². The first kappa shape index (κ1) is 29.6. The molecule has 0 N–H and O–H groups in total. The minimum absolute atomic E-state index is 0. The summed E-state index contributed by atoms with van der Waals surface area (Å²) in [6.45, 7) is 4.03. The maximum atomic E-state index is 7.04. The van der Waals surface area contributed by atoms with Crippen molar-refractivity contribution in [3.8, 4) is 0 Å². The molecule has 3 nitrogen and oxygen atoms in total. The van der Waals surface area contributed by atoms with Gasteiger partial charge in [0.1, 0.15) is 17.7 Å². The third kappa shape index (κ3) is 5.13. The van der Waals surface area contributed by atoms with E-state index in [9.17, 15) is 0 Å². The van der Waals surface area contributed by atoms with Crippen LogP contribution in [-0.4, -0.2) is 42.7 Å². The first-order valence-corrected chi connectivity index (χ1v) is 13.8. The van der Waals surface area contributed by atoms with Gasteiger partial charge in [-0.05, 0) is 50.2 Å². The molecule has 0 saturated carbocycles. The van der Waals surface area contributed by atoms with E-state index in [2.05, 4.69) is 128 Å². The Bertz CT molecular complexity index is 1240. The normalized spacial score (nSPS) is 19.0. The van der Waals surface area contributed by atoms with E-state index >= 15 is 0 Å². The molecule has 5 heteroatoms. The molecule has 0 aromatic heterocycles. The Kier molecular flexibility index (Phi) is 9.12. The minimum Gasteiger partial charge on any atom is -0.791 e. The van der Waals surface area contributed by atoms with Crippen molar-refractivity contribution in [1.29, 1.82) is 0 Å². The first-order valence-electron chi connectivity index (χ1n) is 13.2. The number of hydrogen-bond acceptors (Lipinski definition) is 4. The Morgan fingerprint density at radius 3 is 1.28 bits per heavy atom. The Hall–Kier alpha value is -2.37. The molecular formula is C34H36CuNO2S. The molecule has 39 heavy (non-hydrogen) atoms. The zero-order valence-electron chi connectivity index (χ0n) is 22.9. The Labute approximate surface area is 249 Å². The maximum Gasteiger partial charge on any atom is 1.00 e. The summed E-state index contributed by atoms with van der Waals surface area (Å²) in [4.78, 5) is 2.28. The van der Waals surface area contributed by atoms with Gasteiger partial charge in [-0.2, -0.15) is 5.75 Å². The zero-order chi connectivity index (χ0) is 26.8. The summed E-state index contributed by atoms with van der Waals surface area (Å²) in [7, 11) is 4.26. The van der Waals surface area contributed by atoms with Crippen LogP contribution in [0.3, 0.4) is 0 Å². The molecule has 4 aromatic rings. The Morgan fingerprint density at radius 1 is 0.615 bits per heavy atom. The van der Waals surface area contributed by atoms with Crippen molar-refractivity contribution in [2.75, 3.05) is 19.8 Å². The van der Waals surface area contributed by atoms with Crippen LogP contribution in [-0.2, 0) is 50.1 Å². The second kappa shape index (κ2) is 12.0. The average molecular weight is 586 g/mol. The molecule has 206 valence electrons. The predicted octanol–water partition coefficient (Wildman–Crippen LogP) is 6.54. The SMILES string of the molecule is CN(C)C(c1ccccc1)(c1ccccc1)[C@@H]1OC(C)(C)O[C@H]1C(C[S-])(c1ccccc1)c1ccccc1.[Cu+]. The van der Waals surface area contributed by atoms with Gasteiger partial charge in [0.25, 0.3) is 0 Å². The predicted molar refractivity (Wildman–Crippen MR) is 157 cm³/mol. The molecule has 1 fully saturated rings. The summed E-state index contributed by atoms with van der Waals surface area (Å²) >= 11 is 6.09. The van der Waals surface area contributed by atoms with Crippen LogP contribution < -0.4 is 0 Å². The first-order chi connectivity index (χ1) is 18.4. The van der Waals surface area contributed by atoms with E-state index < -0.39 is 16.7 Å². The fourth-order valence-electron chi connectivity index (χ4n) is 6.29. The van der Waals surface area contributed by atoms with E-state index in [1.54, 1.807) is 0 Å². The van der Waals surface area contributed by atoms with Gasteiger partial charge in [0.2, 0.25) is 0 Å². The van der Waals surface area contributed by atoms with Crippen molar-refractivity contribution in [1.82, 2.24) is 4.90 Å². The van der Waals surface area contributed by atoms with Crippen molar-refractivity contribution >= 4 is 12.6 Å². The van der Waals surface area contributed by atoms with Gasteiger partial charge in [0, 0.05) is 5.41 Å². The van der Waals surface area contributed by atoms with Crippen LogP contribution in [0.5, 0.6) is 0 Å². The molecule has 0 aliphatic carbocycles. The van der Waals surface area contributed by atoms with Gasteiger partial charge in [-0.25, -0.2) is 0 Å². The van der Waals surface area contributed by atoms with E-state index in [4.69, 9.17) is 22.1 Å². The number of hydrogen-bond donors (Lipinski definition) is 0. The minimum atomic E-state index is -0.820. The van der Waals surface area contributed by atoms with Gasteiger partial charge in [0.05, 0.1) is 0 Å². The molecule has 0 amide bonds. The van der Waals surface area contributed by atoms with Crippen molar-refractivity contribution in [3.63, 3.8) is 0 Å². The number of nitrogens with zero attached hydrogens (tertiary/aromatic N) is 1. The molecule has 1 saturated heterocycles. The van der Waals surface area contributed by atoms with Crippen molar-refractivity contribution in [2.24, 2.45) is 0 Å². The second-order valence-electron chi connectivity index (χ2n) is 10.7. The van der Waals surface area contributed by atoms with Gasteiger partial charge in [-0.3, -0.25) is 4.90 Å². The van der Waals surface area contributed by atoms with Crippen LogP contribution in [0.25, 0.3) is 0 Å². The van der Waals surface area contributed by atoms with Gasteiger partial charge >= 0.3 is 17.1 Å². The number of rotatable bonds is 8. The van der Waals surface area contributed by atoms with E-state index in [1.807, 2.05) is 26.0 Å². The monoisotopic (exact) mass is 585 g/mol. The van der Waals surface area contributed by atoms with Crippen LogP contribution in [0.2, 0.25) is 0 Å². The second-order valence-corrected chi connectivity index (χ2v) is 11.0. The number of ether oxygens (including phenoxy) is 2. The molecule has 1 heterocycles. The quantitative estimate of drug-likeness (QED) is 0.173. The van der Waals surface area contributed by atoms with E-state index in [0.29, 0.717) is 5.75 Å². The van der Waals surface area contributed by atoms with Crippen LogP contribution in [0.1, 0.15) is 36.1 Å². The van der Waals surface area contributed by atoms with Crippen LogP contribution in [0.4, 0.5) is 0 Å².